The van der Waals surface area contributed by atoms with Gasteiger partial charge < -0.3 is 18.9 Å². The number of hydrogen-bond donors (Lipinski definition) is 0. The van der Waals surface area contributed by atoms with Crippen molar-refractivity contribution in [3.8, 4) is 22.6 Å². The van der Waals surface area contributed by atoms with E-state index in [1.54, 1.807) is 0 Å². The first-order valence-corrected chi connectivity index (χ1v) is 10.2. The van der Waals surface area contributed by atoms with Gasteiger partial charge in [0.15, 0.2) is 11.6 Å². The van der Waals surface area contributed by atoms with Crippen LogP contribution < -0.4 is 9.47 Å². The molecule has 0 aromatic heterocycles. The molecule has 0 saturated carbocycles. The molecular formula is C24H20F6O6. The summed E-state index contributed by atoms with van der Waals surface area (Å²) in [7, 11) is 0. The highest BCUT2D eigenvalue weighted by molar-refractivity contribution is 5.81. The molecular weight excluding hydrogens is 498 g/mol. The van der Waals surface area contributed by atoms with Crippen molar-refractivity contribution < 1.29 is 54.9 Å². The molecule has 0 amide bonds. The Morgan fingerprint density at radius 3 is 2.17 bits per heavy atom. The molecule has 194 valence electrons. The Balaban J connectivity index is 2.43. The summed E-state index contributed by atoms with van der Waals surface area (Å²) in [4.78, 5) is 22.2. The molecule has 0 unspecified atom stereocenters. The van der Waals surface area contributed by atoms with Crippen LogP contribution in [0.5, 0.6) is 11.5 Å². The van der Waals surface area contributed by atoms with Gasteiger partial charge in [-0.3, -0.25) is 0 Å². The molecule has 0 aliphatic rings. The molecule has 0 aliphatic heterocycles. The second-order valence-corrected chi connectivity index (χ2v) is 6.89. The van der Waals surface area contributed by atoms with Crippen LogP contribution in [0.4, 0.5) is 26.3 Å². The summed E-state index contributed by atoms with van der Waals surface area (Å²) in [6.07, 6.45) is -6.66. The zero-order valence-electron chi connectivity index (χ0n) is 18.6. The molecule has 12 heteroatoms. The minimum Gasteiger partial charge on any atom is -0.490 e. The molecule has 2 aromatic carbocycles. The van der Waals surface area contributed by atoms with E-state index in [-0.39, 0.29) is 43.1 Å². The van der Waals surface area contributed by atoms with Gasteiger partial charge in [0.2, 0.25) is 0 Å². The standard InChI is InChI=1S/C24H20F6O6/c1-3-20(31)34-8-7-14-5-6-15(11-18(14)23(26)27)17-12-16(33-9-10-35-21(32)4-2)13-19(25)22(17)36-24(28,29)30/h3-6,11-13,23H,1-2,7-10H2. The smallest absolute Gasteiger partial charge is 0.490 e. The van der Waals surface area contributed by atoms with Crippen LogP contribution in [-0.4, -0.2) is 38.1 Å². The van der Waals surface area contributed by atoms with Gasteiger partial charge >= 0.3 is 18.3 Å². The third kappa shape index (κ3) is 8.36. The zero-order chi connectivity index (χ0) is 26.9. The monoisotopic (exact) mass is 518 g/mol. The Bertz CT molecular complexity index is 1110. The fourth-order valence-corrected chi connectivity index (χ4v) is 2.96. The van der Waals surface area contributed by atoms with Crippen molar-refractivity contribution in [3.63, 3.8) is 0 Å². The van der Waals surface area contributed by atoms with Gasteiger partial charge in [0.1, 0.15) is 19.0 Å². The van der Waals surface area contributed by atoms with E-state index in [1.807, 2.05) is 0 Å². The van der Waals surface area contributed by atoms with Gasteiger partial charge in [0.05, 0.1) is 6.61 Å². The molecule has 0 spiro atoms. The van der Waals surface area contributed by atoms with Crippen molar-refractivity contribution in [2.24, 2.45) is 0 Å². The molecule has 0 heterocycles. The van der Waals surface area contributed by atoms with Gasteiger partial charge in [-0.2, -0.15) is 0 Å². The van der Waals surface area contributed by atoms with Gasteiger partial charge in [0, 0.05) is 35.8 Å². The lowest BCUT2D eigenvalue weighted by Crippen LogP contribution is -2.19. The number of rotatable bonds is 12. The van der Waals surface area contributed by atoms with Gasteiger partial charge in [-0.1, -0.05) is 25.3 Å². The molecule has 2 aromatic rings. The van der Waals surface area contributed by atoms with Crippen molar-refractivity contribution in [2.75, 3.05) is 19.8 Å². The van der Waals surface area contributed by atoms with E-state index in [2.05, 4.69) is 22.6 Å². The summed E-state index contributed by atoms with van der Waals surface area (Å²) in [5.41, 5.74) is -1.25. The Morgan fingerprint density at radius 2 is 1.58 bits per heavy atom. The van der Waals surface area contributed by atoms with Crippen LogP contribution in [0, 0.1) is 5.82 Å². The fourth-order valence-electron chi connectivity index (χ4n) is 2.96. The number of hydrogen-bond acceptors (Lipinski definition) is 6. The summed E-state index contributed by atoms with van der Waals surface area (Å²) in [5, 5.41) is 0. The first kappa shape index (κ1) is 28.3. The van der Waals surface area contributed by atoms with Crippen LogP contribution in [0.15, 0.2) is 55.6 Å². The topological polar surface area (TPSA) is 71.1 Å². The molecule has 0 atom stereocenters. The Kier molecular flexibility index (Phi) is 9.94. The second-order valence-electron chi connectivity index (χ2n) is 6.89. The summed E-state index contributed by atoms with van der Waals surface area (Å²) < 4.78 is 99.4. The van der Waals surface area contributed by atoms with Gasteiger partial charge in [-0.05, 0) is 23.3 Å². The average molecular weight is 518 g/mol. The molecule has 36 heavy (non-hydrogen) atoms. The highest BCUT2D eigenvalue weighted by Gasteiger charge is 2.34. The molecule has 0 aliphatic carbocycles. The number of carbonyl (C=O) groups excluding carboxylic acids is 2. The largest absolute Gasteiger partial charge is 0.573 e. The number of carbonyl (C=O) groups is 2. The predicted octanol–water partition coefficient (Wildman–Crippen LogP) is 5.71. The Labute approximate surface area is 201 Å². The molecule has 0 bridgehead atoms. The van der Waals surface area contributed by atoms with Gasteiger partial charge in [-0.15, -0.1) is 13.2 Å². The van der Waals surface area contributed by atoms with Crippen LogP contribution in [0.3, 0.4) is 0 Å². The number of halogens is 6. The Morgan fingerprint density at radius 1 is 0.944 bits per heavy atom. The van der Waals surface area contributed by atoms with Crippen LogP contribution >= 0.6 is 0 Å². The van der Waals surface area contributed by atoms with Gasteiger partial charge in [0.25, 0.3) is 6.43 Å². The maximum absolute atomic E-state index is 14.6. The van der Waals surface area contributed by atoms with E-state index in [0.717, 1.165) is 24.3 Å². The summed E-state index contributed by atoms with van der Waals surface area (Å²) in [6.45, 7) is 5.59. The minimum absolute atomic E-state index is 0.0563. The molecule has 0 fully saturated rings. The van der Waals surface area contributed by atoms with E-state index in [9.17, 15) is 35.9 Å². The summed E-state index contributed by atoms with van der Waals surface area (Å²) in [5.74, 6) is -4.50. The molecule has 2 rings (SSSR count). The first-order chi connectivity index (χ1) is 16.9. The highest BCUT2D eigenvalue weighted by Crippen LogP contribution is 2.40. The quantitative estimate of drug-likeness (QED) is 0.155. The SMILES string of the molecule is C=CC(=O)OCCOc1cc(F)c(OC(F)(F)F)c(-c2ccc(CCOC(=O)C=C)c(C(F)F)c2)c1. The molecule has 6 nitrogen and oxygen atoms in total. The maximum Gasteiger partial charge on any atom is 0.573 e. The van der Waals surface area contributed by atoms with Crippen LogP contribution in [0.1, 0.15) is 17.6 Å². The van der Waals surface area contributed by atoms with E-state index in [1.165, 1.54) is 12.1 Å². The number of benzene rings is 2. The van der Waals surface area contributed by atoms with Crippen LogP contribution in [-0.2, 0) is 25.5 Å². The number of esters is 2. The van der Waals surface area contributed by atoms with Crippen molar-refractivity contribution in [1.82, 2.24) is 0 Å². The lowest BCUT2D eigenvalue weighted by Gasteiger charge is -2.18. The van der Waals surface area contributed by atoms with E-state index >= 15 is 0 Å². The summed E-state index contributed by atoms with van der Waals surface area (Å²) in [6, 6.07) is 4.83. The van der Waals surface area contributed by atoms with Crippen molar-refractivity contribution >= 4 is 11.9 Å². The number of alkyl halides is 5. The zero-order valence-corrected chi connectivity index (χ0v) is 18.6. The molecule has 0 N–H and O–H groups in total. The average Bonchev–Trinajstić information content (AvgIpc) is 2.82. The highest BCUT2D eigenvalue weighted by atomic mass is 19.4. The lowest BCUT2D eigenvalue weighted by molar-refractivity contribution is -0.275. The summed E-state index contributed by atoms with van der Waals surface area (Å²) >= 11 is 0. The number of ether oxygens (including phenoxy) is 4. The second kappa shape index (κ2) is 12.7. The minimum atomic E-state index is -5.28. The molecule has 0 radical (unpaired) electrons. The fraction of sp³-hybridized carbons (Fsp3) is 0.250. The normalized spacial score (nSPS) is 11.1. The third-order valence-corrected chi connectivity index (χ3v) is 4.47. The maximum atomic E-state index is 14.6. The van der Waals surface area contributed by atoms with E-state index < -0.39 is 47.4 Å². The van der Waals surface area contributed by atoms with Crippen molar-refractivity contribution in [1.29, 1.82) is 0 Å². The first-order valence-electron chi connectivity index (χ1n) is 10.2. The van der Waals surface area contributed by atoms with Crippen molar-refractivity contribution in [3.05, 3.63) is 72.6 Å². The predicted molar refractivity (Wildman–Crippen MR) is 115 cm³/mol. The van der Waals surface area contributed by atoms with E-state index in [0.29, 0.717) is 6.07 Å². The van der Waals surface area contributed by atoms with Crippen LogP contribution in [0.2, 0.25) is 0 Å². The molecule has 0 saturated heterocycles. The van der Waals surface area contributed by atoms with Crippen LogP contribution in [0.25, 0.3) is 11.1 Å². The van der Waals surface area contributed by atoms with Crippen molar-refractivity contribution in [2.45, 2.75) is 19.2 Å². The lowest BCUT2D eigenvalue weighted by atomic mass is 9.97. The van der Waals surface area contributed by atoms with E-state index in [4.69, 9.17) is 9.47 Å². The Hall–Kier alpha value is -3.96. The third-order valence-electron chi connectivity index (χ3n) is 4.47. The van der Waals surface area contributed by atoms with Gasteiger partial charge in [-0.25, -0.2) is 22.8 Å².